The number of hydrogen-bond donors (Lipinski definition) is 1. The first-order valence-electron chi connectivity index (χ1n) is 12.5. The summed E-state index contributed by atoms with van der Waals surface area (Å²) in [6, 6.07) is 14.5. The number of halogens is 1. The fourth-order valence-corrected chi connectivity index (χ4v) is 5.77. The number of carbonyl (C=O) groups excluding carboxylic acids is 2. The highest BCUT2D eigenvalue weighted by Gasteiger charge is 2.44. The molecule has 8 heteroatoms. The third kappa shape index (κ3) is 5.26. The SMILES string of the molecule is C=C[C@H]1CN2CCC1CC2[C@H](OC(=O)c1ccc(NC(=O)CBr)cc1)c1ccnc2ccc(OC)cc12. The van der Waals surface area contributed by atoms with Crippen LogP contribution in [0.2, 0.25) is 0 Å². The molecule has 0 spiro atoms. The van der Waals surface area contributed by atoms with Crippen molar-refractivity contribution in [2.24, 2.45) is 11.8 Å². The second kappa shape index (κ2) is 11.0. The Morgan fingerprint density at radius 1 is 1.24 bits per heavy atom. The van der Waals surface area contributed by atoms with Gasteiger partial charge >= 0.3 is 5.97 Å². The van der Waals surface area contributed by atoms with Crippen LogP contribution < -0.4 is 10.1 Å². The highest BCUT2D eigenvalue weighted by atomic mass is 79.9. The van der Waals surface area contributed by atoms with Crippen LogP contribution in [0.15, 0.2) is 67.4 Å². The molecule has 7 nitrogen and oxygen atoms in total. The highest BCUT2D eigenvalue weighted by molar-refractivity contribution is 9.09. The van der Waals surface area contributed by atoms with E-state index in [0.717, 1.165) is 48.1 Å². The van der Waals surface area contributed by atoms with E-state index < -0.39 is 12.1 Å². The van der Waals surface area contributed by atoms with Crippen molar-refractivity contribution in [2.45, 2.75) is 25.0 Å². The summed E-state index contributed by atoms with van der Waals surface area (Å²) in [5, 5.41) is 3.88. The lowest BCUT2D eigenvalue weighted by Crippen LogP contribution is -2.55. The van der Waals surface area contributed by atoms with Crippen LogP contribution in [0.4, 0.5) is 5.69 Å². The molecular weight excluding hydrogens is 534 g/mol. The van der Waals surface area contributed by atoms with E-state index in [0.29, 0.717) is 23.1 Å². The van der Waals surface area contributed by atoms with Gasteiger partial charge in [0, 0.05) is 29.4 Å². The zero-order chi connectivity index (χ0) is 25.9. The van der Waals surface area contributed by atoms with Crippen molar-refractivity contribution in [3.05, 3.63) is 78.5 Å². The first kappa shape index (κ1) is 25.4. The maximum atomic E-state index is 13.5. The van der Waals surface area contributed by atoms with Crippen molar-refractivity contribution >= 4 is 44.4 Å². The molecule has 0 saturated carbocycles. The number of aromatic nitrogens is 1. The fourth-order valence-electron chi connectivity index (χ4n) is 5.63. The highest BCUT2D eigenvalue weighted by Crippen LogP contribution is 2.44. The predicted molar refractivity (Wildman–Crippen MR) is 147 cm³/mol. The van der Waals surface area contributed by atoms with E-state index in [9.17, 15) is 9.59 Å². The van der Waals surface area contributed by atoms with Crippen molar-refractivity contribution in [1.29, 1.82) is 0 Å². The average molecular weight is 564 g/mol. The van der Waals surface area contributed by atoms with Crippen molar-refractivity contribution in [3.8, 4) is 5.75 Å². The number of methoxy groups -OCH3 is 1. The van der Waals surface area contributed by atoms with Crippen LogP contribution in [0, 0.1) is 11.8 Å². The lowest BCUT2D eigenvalue weighted by molar-refractivity contribution is -0.113. The number of hydrogen-bond acceptors (Lipinski definition) is 6. The largest absolute Gasteiger partial charge is 0.497 e. The van der Waals surface area contributed by atoms with E-state index in [1.807, 2.05) is 24.3 Å². The molecule has 3 aliphatic rings. The van der Waals surface area contributed by atoms with Crippen LogP contribution in [-0.4, -0.2) is 53.3 Å². The Morgan fingerprint density at radius 2 is 2.05 bits per heavy atom. The summed E-state index contributed by atoms with van der Waals surface area (Å²) in [7, 11) is 1.64. The first-order valence-corrected chi connectivity index (χ1v) is 13.6. The molecule has 0 aliphatic carbocycles. The maximum Gasteiger partial charge on any atom is 0.338 e. The summed E-state index contributed by atoms with van der Waals surface area (Å²) < 4.78 is 11.8. The van der Waals surface area contributed by atoms with Crippen LogP contribution in [0.1, 0.15) is 34.9 Å². The number of anilines is 1. The van der Waals surface area contributed by atoms with Gasteiger partial charge in [-0.25, -0.2) is 4.79 Å². The molecule has 1 N–H and O–H groups in total. The third-order valence-electron chi connectivity index (χ3n) is 7.55. The number of alkyl halides is 1. The van der Waals surface area contributed by atoms with Gasteiger partial charge in [-0.05, 0) is 79.8 Å². The number of ether oxygens (including phenoxy) is 2. The molecule has 192 valence electrons. The first-order chi connectivity index (χ1) is 18.0. The Hall–Kier alpha value is -3.23. The molecule has 3 aliphatic heterocycles. The number of esters is 1. The number of amides is 1. The number of carbonyl (C=O) groups is 2. The number of rotatable bonds is 8. The smallest absolute Gasteiger partial charge is 0.338 e. The Kier molecular flexibility index (Phi) is 7.58. The molecule has 3 fully saturated rings. The summed E-state index contributed by atoms with van der Waals surface area (Å²) in [6.45, 7) is 5.94. The summed E-state index contributed by atoms with van der Waals surface area (Å²) in [5.74, 6) is 1.14. The van der Waals surface area contributed by atoms with Gasteiger partial charge in [0.25, 0.3) is 0 Å². The molecule has 2 aromatic carbocycles. The lowest BCUT2D eigenvalue weighted by Gasteiger charge is -2.51. The zero-order valence-corrected chi connectivity index (χ0v) is 22.3. The van der Waals surface area contributed by atoms with E-state index in [2.05, 4.69) is 43.8 Å². The van der Waals surface area contributed by atoms with Crippen LogP contribution in [0.5, 0.6) is 5.75 Å². The number of fused-ring (bicyclic) bond motifs is 4. The number of piperidine rings is 3. The minimum Gasteiger partial charge on any atom is -0.497 e. The fraction of sp³-hybridized carbons (Fsp3) is 0.345. The molecule has 1 amide bonds. The second-order valence-electron chi connectivity index (χ2n) is 9.61. The average Bonchev–Trinajstić information content (AvgIpc) is 2.95. The van der Waals surface area contributed by atoms with Crippen LogP contribution in [0.3, 0.4) is 0 Å². The standard InChI is InChI=1S/C29H30BrN3O4/c1-3-18-17-33-13-11-20(18)14-26(33)28(23-10-12-31-25-9-8-22(36-2)15-24(23)25)37-29(35)19-4-6-21(7-5-19)32-27(34)16-30/h3-10,12,15,18,20,26,28H,1,11,13-14,16-17H2,2H3,(H,32,34)/t18-,20?,26?,28+/m0/s1. The summed E-state index contributed by atoms with van der Waals surface area (Å²) in [5.41, 5.74) is 2.80. The molecule has 6 rings (SSSR count). The van der Waals surface area contributed by atoms with Gasteiger partial charge in [-0.2, -0.15) is 0 Å². The van der Waals surface area contributed by atoms with Crippen molar-refractivity contribution in [2.75, 3.05) is 30.8 Å². The number of nitrogens with one attached hydrogen (secondary N) is 1. The van der Waals surface area contributed by atoms with Gasteiger partial charge < -0.3 is 14.8 Å². The van der Waals surface area contributed by atoms with Gasteiger partial charge in [-0.15, -0.1) is 6.58 Å². The maximum absolute atomic E-state index is 13.5. The topological polar surface area (TPSA) is 80.8 Å². The Balaban J connectivity index is 1.49. The minimum atomic E-state index is -0.480. The molecule has 0 radical (unpaired) electrons. The van der Waals surface area contributed by atoms with E-state index in [-0.39, 0.29) is 17.3 Å². The molecule has 5 atom stereocenters. The van der Waals surface area contributed by atoms with Crippen molar-refractivity contribution < 1.29 is 19.1 Å². The molecule has 3 saturated heterocycles. The van der Waals surface area contributed by atoms with E-state index in [4.69, 9.17) is 9.47 Å². The van der Waals surface area contributed by atoms with E-state index in [1.165, 1.54) is 0 Å². The quantitative estimate of drug-likeness (QED) is 0.225. The monoisotopic (exact) mass is 563 g/mol. The van der Waals surface area contributed by atoms with E-state index >= 15 is 0 Å². The summed E-state index contributed by atoms with van der Waals surface area (Å²) >= 11 is 3.14. The normalized spacial score (nSPS) is 23.3. The summed E-state index contributed by atoms with van der Waals surface area (Å²) in [4.78, 5) is 32.1. The van der Waals surface area contributed by atoms with Gasteiger partial charge in [0.05, 0.1) is 29.6 Å². The van der Waals surface area contributed by atoms with Gasteiger partial charge in [0.15, 0.2) is 0 Å². The predicted octanol–water partition coefficient (Wildman–Crippen LogP) is 5.37. The molecular formula is C29H30BrN3O4. The molecule has 4 heterocycles. The zero-order valence-electron chi connectivity index (χ0n) is 20.7. The van der Waals surface area contributed by atoms with Gasteiger partial charge in [0.1, 0.15) is 11.9 Å². The Morgan fingerprint density at radius 3 is 2.73 bits per heavy atom. The van der Waals surface area contributed by atoms with Gasteiger partial charge in [0.2, 0.25) is 5.91 Å². The molecule has 3 aromatic rings. The third-order valence-corrected chi connectivity index (χ3v) is 8.06. The number of pyridine rings is 1. The van der Waals surface area contributed by atoms with Crippen molar-refractivity contribution in [1.82, 2.24) is 9.88 Å². The van der Waals surface area contributed by atoms with Crippen molar-refractivity contribution in [3.63, 3.8) is 0 Å². The minimum absolute atomic E-state index is 0.0493. The molecule has 2 bridgehead atoms. The lowest BCUT2D eigenvalue weighted by atomic mass is 9.73. The van der Waals surface area contributed by atoms with Crippen LogP contribution >= 0.6 is 15.9 Å². The second-order valence-corrected chi connectivity index (χ2v) is 10.2. The Bertz CT molecular complexity index is 1310. The molecule has 1 aromatic heterocycles. The van der Waals surface area contributed by atoms with Gasteiger partial charge in [-0.1, -0.05) is 22.0 Å². The van der Waals surface area contributed by atoms with Crippen LogP contribution in [0.25, 0.3) is 10.9 Å². The van der Waals surface area contributed by atoms with E-state index in [1.54, 1.807) is 37.6 Å². The molecule has 37 heavy (non-hydrogen) atoms. The molecule has 3 unspecified atom stereocenters. The number of nitrogens with zero attached hydrogens (tertiary/aromatic N) is 2. The number of benzene rings is 2. The van der Waals surface area contributed by atoms with Crippen LogP contribution in [-0.2, 0) is 9.53 Å². The Labute approximate surface area is 225 Å². The summed E-state index contributed by atoms with van der Waals surface area (Å²) in [6.07, 6.45) is 5.41. The van der Waals surface area contributed by atoms with Gasteiger partial charge in [-0.3, -0.25) is 14.7 Å².